The van der Waals surface area contributed by atoms with Gasteiger partial charge in [-0.25, -0.2) is 0 Å². The Balaban J connectivity index is 3.46. The molecule has 1 aromatic rings. The molecule has 0 aromatic carbocycles. The molecular weight excluding hydrogens is 183 g/mol. The fourth-order valence-electron chi connectivity index (χ4n) is 1.05. The summed E-state index contributed by atoms with van der Waals surface area (Å²) >= 11 is 0. The van der Waals surface area contributed by atoms with Gasteiger partial charge >= 0.3 is 6.18 Å². The van der Waals surface area contributed by atoms with E-state index in [2.05, 4.69) is 4.98 Å². The van der Waals surface area contributed by atoms with E-state index in [4.69, 9.17) is 0 Å². The number of H-pyrrole nitrogens is 1. The lowest BCUT2D eigenvalue weighted by Gasteiger charge is -2.10. The van der Waals surface area contributed by atoms with E-state index in [1.54, 1.807) is 0 Å². The standard InChI is InChI=1S/C8H8F3NO/c1-4-5(2)12-7(13)3-6(4)8(9,10)11/h3H,1-2H3,(H,12,13). The highest BCUT2D eigenvalue weighted by Crippen LogP contribution is 2.31. The number of pyridine rings is 1. The fraction of sp³-hybridized carbons (Fsp3) is 0.375. The van der Waals surface area contributed by atoms with E-state index in [0.29, 0.717) is 6.07 Å². The zero-order valence-corrected chi connectivity index (χ0v) is 7.12. The Labute approximate surface area is 72.4 Å². The van der Waals surface area contributed by atoms with Crippen molar-refractivity contribution >= 4 is 0 Å². The molecule has 0 aliphatic heterocycles. The third kappa shape index (κ3) is 1.91. The van der Waals surface area contributed by atoms with Crippen molar-refractivity contribution in [2.75, 3.05) is 0 Å². The maximum atomic E-state index is 12.3. The predicted octanol–water partition coefficient (Wildman–Crippen LogP) is 2.01. The molecule has 1 N–H and O–H groups in total. The summed E-state index contributed by atoms with van der Waals surface area (Å²) < 4.78 is 36.8. The summed E-state index contributed by atoms with van der Waals surface area (Å²) in [5, 5.41) is 0. The van der Waals surface area contributed by atoms with E-state index in [9.17, 15) is 18.0 Å². The second kappa shape index (κ2) is 2.90. The Hall–Kier alpha value is -1.26. The van der Waals surface area contributed by atoms with Crippen LogP contribution in [0.2, 0.25) is 0 Å². The van der Waals surface area contributed by atoms with Crippen LogP contribution in [0.5, 0.6) is 0 Å². The summed E-state index contributed by atoms with van der Waals surface area (Å²) in [7, 11) is 0. The fourth-order valence-corrected chi connectivity index (χ4v) is 1.05. The minimum atomic E-state index is -4.46. The van der Waals surface area contributed by atoms with Gasteiger partial charge in [0.05, 0.1) is 5.56 Å². The number of aryl methyl sites for hydroxylation is 1. The van der Waals surface area contributed by atoms with Crippen molar-refractivity contribution in [3.63, 3.8) is 0 Å². The number of hydrogen-bond acceptors (Lipinski definition) is 1. The molecule has 0 radical (unpaired) electrons. The van der Waals surface area contributed by atoms with E-state index in [1.807, 2.05) is 0 Å². The molecular formula is C8H8F3NO. The Kier molecular flexibility index (Phi) is 2.19. The largest absolute Gasteiger partial charge is 0.416 e. The molecule has 1 aromatic heterocycles. The monoisotopic (exact) mass is 191 g/mol. The van der Waals surface area contributed by atoms with Crippen LogP contribution in [0, 0.1) is 13.8 Å². The van der Waals surface area contributed by atoms with Crippen LogP contribution < -0.4 is 5.56 Å². The smallest absolute Gasteiger partial charge is 0.326 e. The van der Waals surface area contributed by atoms with Gasteiger partial charge in [0.25, 0.3) is 0 Å². The van der Waals surface area contributed by atoms with E-state index in [0.717, 1.165) is 0 Å². The van der Waals surface area contributed by atoms with Crippen LogP contribution in [0.15, 0.2) is 10.9 Å². The molecule has 0 bridgehead atoms. The molecule has 0 amide bonds. The normalized spacial score (nSPS) is 11.8. The van der Waals surface area contributed by atoms with Gasteiger partial charge in [0.1, 0.15) is 0 Å². The van der Waals surface area contributed by atoms with Crippen molar-refractivity contribution in [2.24, 2.45) is 0 Å². The Morgan fingerprint density at radius 2 is 1.85 bits per heavy atom. The van der Waals surface area contributed by atoms with Crippen molar-refractivity contribution in [3.05, 3.63) is 33.2 Å². The van der Waals surface area contributed by atoms with Gasteiger partial charge in [-0.2, -0.15) is 13.2 Å². The molecule has 0 unspecified atom stereocenters. The van der Waals surface area contributed by atoms with Crippen molar-refractivity contribution in [1.29, 1.82) is 0 Å². The molecule has 72 valence electrons. The molecule has 1 heterocycles. The lowest BCUT2D eigenvalue weighted by atomic mass is 10.1. The molecule has 1 rings (SSSR count). The zero-order valence-electron chi connectivity index (χ0n) is 7.12. The highest BCUT2D eigenvalue weighted by molar-refractivity contribution is 5.30. The van der Waals surface area contributed by atoms with Crippen LogP contribution in [0.4, 0.5) is 13.2 Å². The SMILES string of the molecule is Cc1[nH]c(=O)cc(C(F)(F)F)c1C. The second-order valence-electron chi connectivity index (χ2n) is 2.80. The Morgan fingerprint density at radius 1 is 1.31 bits per heavy atom. The van der Waals surface area contributed by atoms with Gasteiger partial charge in [-0.1, -0.05) is 0 Å². The molecule has 0 spiro atoms. The zero-order chi connectivity index (χ0) is 10.2. The minimum absolute atomic E-state index is 0.0621. The second-order valence-corrected chi connectivity index (χ2v) is 2.80. The molecule has 2 nitrogen and oxygen atoms in total. The number of aromatic nitrogens is 1. The first-order valence-electron chi connectivity index (χ1n) is 3.60. The van der Waals surface area contributed by atoms with Crippen LogP contribution in [0.25, 0.3) is 0 Å². The van der Waals surface area contributed by atoms with E-state index >= 15 is 0 Å². The first kappa shape index (κ1) is 9.83. The van der Waals surface area contributed by atoms with Gasteiger partial charge < -0.3 is 4.98 Å². The van der Waals surface area contributed by atoms with Crippen LogP contribution in [-0.2, 0) is 6.18 Å². The van der Waals surface area contributed by atoms with Gasteiger partial charge in [0.15, 0.2) is 0 Å². The van der Waals surface area contributed by atoms with E-state index < -0.39 is 17.3 Å². The number of rotatable bonds is 0. The van der Waals surface area contributed by atoms with Crippen molar-refractivity contribution in [2.45, 2.75) is 20.0 Å². The number of alkyl halides is 3. The van der Waals surface area contributed by atoms with Crippen LogP contribution in [-0.4, -0.2) is 4.98 Å². The average molecular weight is 191 g/mol. The van der Waals surface area contributed by atoms with Gasteiger partial charge in [0, 0.05) is 11.8 Å². The van der Waals surface area contributed by atoms with Crippen molar-refractivity contribution in [3.8, 4) is 0 Å². The number of halogens is 3. The number of nitrogens with one attached hydrogen (secondary N) is 1. The van der Waals surface area contributed by atoms with Gasteiger partial charge in [0.2, 0.25) is 5.56 Å². The molecule has 5 heteroatoms. The van der Waals surface area contributed by atoms with E-state index in [1.165, 1.54) is 13.8 Å². The van der Waals surface area contributed by atoms with Crippen molar-refractivity contribution < 1.29 is 13.2 Å². The lowest BCUT2D eigenvalue weighted by molar-refractivity contribution is -0.138. The number of aromatic amines is 1. The summed E-state index contributed by atoms with van der Waals surface area (Å²) in [5.41, 5.74) is -1.28. The van der Waals surface area contributed by atoms with Crippen LogP contribution in [0.1, 0.15) is 16.8 Å². The first-order valence-corrected chi connectivity index (χ1v) is 3.60. The van der Waals surface area contributed by atoms with Gasteiger partial charge in [-0.05, 0) is 19.4 Å². The molecule has 0 aliphatic rings. The summed E-state index contributed by atoms with van der Waals surface area (Å²) in [4.78, 5) is 13.0. The number of hydrogen-bond donors (Lipinski definition) is 1. The van der Waals surface area contributed by atoms with Crippen LogP contribution in [0.3, 0.4) is 0 Å². The molecule has 0 atom stereocenters. The maximum Gasteiger partial charge on any atom is 0.416 e. The third-order valence-electron chi connectivity index (χ3n) is 1.86. The lowest BCUT2D eigenvalue weighted by Crippen LogP contribution is -2.16. The quantitative estimate of drug-likeness (QED) is 0.668. The van der Waals surface area contributed by atoms with Crippen LogP contribution >= 0.6 is 0 Å². The summed E-state index contributed by atoms with van der Waals surface area (Å²) in [6, 6.07) is 0.572. The molecule has 0 aliphatic carbocycles. The maximum absolute atomic E-state index is 12.3. The highest BCUT2D eigenvalue weighted by atomic mass is 19.4. The average Bonchev–Trinajstić information content (AvgIpc) is 1.94. The predicted molar refractivity (Wildman–Crippen MR) is 41.5 cm³/mol. The first-order chi connectivity index (χ1) is 5.82. The summed E-state index contributed by atoms with van der Waals surface area (Å²) in [5.74, 6) is 0. The minimum Gasteiger partial charge on any atom is -0.326 e. The highest BCUT2D eigenvalue weighted by Gasteiger charge is 2.33. The molecule has 0 saturated heterocycles. The van der Waals surface area contributed by atoms with Gasteiger partial charge in [-0.3, -0.25) is 4.79 Å². The van der Waals surface area contributed by atoms with Crippen molar-refractivity contribution in [1.82, 2.24) is 4.98 Å². The summed E-state index contributed by atoms with van der Waals surface area (Å²) in [6.45, 7) is 2.76. The summed E-state index contributed by atoms with van der Waals surface area (Å²) in [6.07, 6.45) is -4.46. The Bertz CT molecular complexity index is 378. The topological polar surface area (TPSA) is 32.9 Å². The molecule has 0 saturated carbocycles. The molecule has 13 heavy (non-hydrogen) atoms. The van der Waals surface area contributed by atoms with E-state index in [-0.39, 0.29) is 11.3 Å². The molecule has 0 fully saturated rings. The Morgan fingerprint density at radius 3 is 2.31 bits per heavy atom. The van der Waals surface area contributed by atoms with Gasteiger partial charge in [-0.15, -0.1) is 0 Å². The third-order valence-corrected chi connectivity index (χ3v) is 1.86.